The number of H-pyrrole nitrogens is 1. The van der Waals surface area contributed by atoms with Gasteiger partial charge >= 0.3 is 0 Å². The molecule has 0 radical (unpaired) electrons. The van der Waals surface area contributed by atoms with Crippen LogP contribution in [0, 0.1) is 25.7 Å². The fourth-order valence-electron chi connectivity index (χ4n) is 4.13. The summed E-state index contributed by atoms with van der Waals surface area (Å²) in [5.41, 5.74) is 2.49. The second-order valence-electron chi connectivity index (χ2n) is 8.48. The molecule has 6 heteroatoms. The maximum atomic E-state index is 13.3. The third kappa shape index (κ3) is 3.94. The van der Waals surface area contributed by atoms with Crippen LogP contribution in [0.3, 0.4) is 0 Å². The maximum absolute atomic E-state index is 13.3. The Morgan fingerprint density at radius 2 is 1.89 bits per heavy atom. The second-order valence-corrected chi connectivity index (χ2v) is 8.48. The highest BCUT2D eigenvalue weighted by molar-refractivity contribution is 6.02. The van der Waals surface area contributed by atoms with E-state index in [0.717, 1.165) is 6.54 Å². The minimum absolute atomic E-state index is 0.0383. The van der Waals surface area contributed by atoms with Gasteiger partial charge in [-0.15, -0.1) is 0 Å². The number of hydrogen-bond donors (Lipinski definition) is 1. The summed E-state index contributed by atoms with van der Waals surface area (Å²) in [5, 5.41) is 0. The van der Waals surface area contributed by atoms with Gasteiger partial charge in [-0.05, 0) is 44.1 Å². The molecule has 6 nitrogen and oxygen atoms in total. The zero-order chi connectivity index (χ0) is 19.9. The molecule has 2 heterocycles. The number of ketones is 1. The summed E-state index contributed by atoms with van der Waals surface area (Å²) in [6, 6.07) is 0.0383. The van der Waals surface area contributed by atoms with Crippen LogP contribution in [0.15, 0.2) is 0 Å². The van der Waals surface area contributed by atoms with Gasteiger partial charge in [0.2, 0.25) is 5.91 Å². The Balaban J connectivity index is 1.87. The summed E-state index contributed by atoms with van der Waals surface area (Å²) in [5.74, 6) is 0.909. The first-order valence-corrected chi connectivity index (χ1v) is 9.99. The van der Waals surface area contributed by atoms with Crippen LogP contribution in [-0.4, -0.2) is 58.1 Å². The molecule has 148 valence electrons. The fraction of sp³-hybridized carbons (Fsp3) is 0.667. The number of nitrogens with zero attached hydrogens (tertiary/aromatic N) is 2. The summed E-state index contributed by atoms with van der Waals surface area (Å²) in [7, 11) is 0. The summed E-state index contributed by atoms with van der Waals surface area (Å²) >= 11 is 0. The summed E-state index contributed by atoms with van der Waals surface area (Å²) < 4.78 is 0. The van der Waals surface area contributed by atoms with Crippen molar-refractivity contribution in [3.63, 3.8) is 0 Å². The van der Waals surface area contributed by atoms with E-state index < -0.39 is 0 Å². The number of carbonyl (C=O) groups excluding carboxylic acids is 3. The normalized spacial score (nSPS) is 21.0. The molecule has 1 saturated heterocycles. The Labute approximate surface area is 161 Å². The minimum atomic E-state index is -0.0829. The van der Waals surface area contributed by atoms with Crippen LogP contribution >= 0.6 is 0 Å². The molecule has 0 bridgehead atoms. The van der Waals surface area contributed by atoms with Gasteiger partial charge in [-0.25, -0.2) is 0 Å². The van der Waals surface area contributed by atoms with E-state index in [1.54, 1.807) is 0 Å². The van der Waals surface area contributed by atoms with Gasteiger partial charge in [0, 0.05) is 38.7 Å². The van der Waals surface area contributed by atoms with Gasteiger partial charge in [0.1, 0.15) is 0 Å². The predicted molar refractivity (Wildman–Crippen MR) is 104 cm³/mol. The lowest BCUT2D eigenvalue weighted by Gasteiger charge is -2.35. The van der Waals surface area contributed by atoms with E-state index in [1.165, 1.54) is 19.8 Å². The monoisotopic (exact) mass is 373 g/mol. The molecule has 1 aromatic heterocycles. The number of aryl methyl sites for hydroxylation is 1. The van der Waals surface area contributed by atoms with Gasteiger partial charge in [0.25, 0.3) is 5.91 Å². The minimum Gasteiger partial charge on any atom is -0.355 e. The molecule has 1 aliphatic carbocycles. The van der Waals surface area contributed by atoms with E-state index in [1.807, 2.05) is 23.6 Å². The van der Waals surface area contributed by atoms with Gasteiger partial charge in [-0.1, -0.05) is 13.8 Å². The van der Waals surface area contributed by atoms with Crippen molar-refractivity contribution < 1.29 is 14.4 Å². The van der Waals surface area contributed by atoms with Crippen molar-refractivity contribution in [1.29, 1.82) is 0 Å². The van der Waals surface area contributed by atoms with Crippen LogP contribution in [0.25, 0.3) is 0 Å². The molecular weight excluding hydrogens is 342 g/mol. The van der Waals surface area contributed by atoms with Gasteiger partial charge < -0.3 is 14.8 Å². The molecule has 1 aliphatic heterocycles. The molecule has 0 aromatic carbocycles. The fourth-order valence-corrected chi connectivity index (χ4v) is 4.13. The molecule has 1 atom stereocenters. The number of rotatable bonds is 5. The number of Topliss-reactive ketones (excluding diaryl/α,β-unsaturated/α-hetero) is 1. The molecule has 1 saturated carbocycles. The first-order valence-electron chi connectivity index (χ1n) is 9.99. The number of carbonyl (C=O) groups is 3. The van der Waals surface area contributed by atoms with Crippen LogP contribution in [0.2, 0.25) is 0 Å². The van der Waals surface area contributed by atoms with Crippen molar-refractivity contribution >= 4 is 17.6 Å². The van der Waals surface area contributed by atoms with Crippen LogP contribution in [-0.2, 0) is 4.79 Å². The number of hydrogen-bond acceptors (Lipinski definition) is 3. The molecule has 1 aromatic rings. The van der Waals surface area contributed by atoms with E-state index in [9.17, 15) is 14.4 Å². The molecule has 0 unspecified atom stereocenters. The van der Waals surface area contributed by atoms with E-state index in [2.05, 4.69) is 18.8 Å². The first-order chi connectivity index (χ1) is 12.7. The topological polar surface area (TPSA) is 73.5 Å². The average molecular weight is 373 g/mol. The van der Waals surface area contributed by atoms with Gasteiger partial charge in [0.05, 0.1) is 17.3 Å². The quantitative estimate of drug-likeness (QED) is 0.807. The van der Waals surface area contributed by atoms with Crippen molar-refractivity contribution in [3.8, 4) is 0 Å². The third-order valence-corrected chi connectivity index (χ3v) is 5.94. The Morgan fingerprint density at radius 3 is 2.41 bits per heavy atom. The summed E-state index contributed by atoms with van der Waals surface area (Å²) in [4.78, 5) is 44.8. The largest absolute Gasteiger partial charge is 0.355 e. The highest BCUT2D eigenvalue weighted by atomic mass is 16.2. The smallest absolute Gasteiger partial charge is 0.256 e. The molecule has 3 rings (SSSR count). The van der Waals surface area contributed by atoms with E-state index >= 15 is 0 Å². The van der Waals surface area contributed by atoms with Crippen LogP contribution in [0.4, 0.5) is 0 Å². The molecular formula is C21H31N3O3. The lowest BCUT2D eigenvalue weighted by Crippen LogP contribution is -2.48. The Kier molecular flexibility index (Phi) is 5.45. The zero-order valence-electron chi connectivity index (χ0n) is 17.1. The van der Waals surface area contributed by atoms with Crippen LogP contribution in [0.5, 0.6) is 0 Å². The molecule has 2 fully saturated rings. The predicted octanol–water partition coefficient (Wildman–Crippen LogP) is 2.94. The van der Waals surface area contributed by atoms with Crippen molar-refractivity contribution in [2.75, 3.05) is 19.6 Å². The summed E-state index contributed by atoms with van der Waals surface area (Å²) in [6.07, 6.45) is 2.77. The first kappa shape index (κ1) is 19.6. The zero-order valence-corrected chi connectivity index (χ0v) is 17.1. The Morgan fingerprint density at radius 1 is 1.22 bits per heavy atom. The lowest BCUT2D eigenvalue weighted by molar-refractivity contribution is -0.133. The van der Waals surface area contributed by atoms with Gasteiger partial charge in [0.15, 0.2) is 5.78 Å². The van der Waals surface area contributed by atoms with Crippen LogP contribution < -0.4 is 0 Å². The highest BCUT2D eigenvalue weighted by Gasteiger charge is 2.37. The van der Waals surface area contributed by atoms with E-state index in [-0.39, 0.29) is 29.6 Å². The van der Waals surface area contributed by atoms with E-state index in [4.69, 9.17) is 0 Å². The number of aromatic nitrogens is 1. The third-order valence-electron chi connectivity index (χ3n) is 5.94. The SMILES string of the molecule is CC(=O)c1[nH]c(C)c(C(=O)N2CCC(=O)N(CC3CC3)[C@H](C(C)C)C2)c1C. The lowest BCUT2D eigenvalue weighted by atomic mass is 10.0. The molecule has 1 N–H and O–H groups in total. The van der Waals surface area contributed by atoms with Gasteiger partial charge in [-0.2, -0.15) is 0 Å². The molecule has 0 spiro atoms. The molecule has 2 aliphatic rings. The van der Waals surface area contributed by atoms with Crippen LogP contribution in [0.1, 0.15) is 72.1 Å². The van der Waals surface area contributed by atoms with Gasteiger partial charge in [-0.3, -0.25) is 14.4 Å². The van der Waals surface area contributed by atoms with Crippen molar-refractivity contribution in [2.24, 2.45) is 11.8 Å². The van der Waals surface area contributed by atoms with Crippen molar-refractivity contribution in [2.45, 2.75) is 59.9 Å². The van der Waals surface area contributed by atoms with Crippen molar-refractivity contribution in [3.05, 3.63) is 22.5 Å². The molecule has 2 amide bonds. The summed E-state index contributed by atoms with van der Waals surface area (Å²) in [6.45, 7) is 11.2. The van der Waals surface area contributed by atoms with E-state index in [0.29, 0.717) is 47.9 Å². The maximum Gasteiger partial charge on any atom is 0.256 e. The Hall–Kier alpha value is -2.11. The number of amides is 2. The molecule has 27 heavy (non-hydrogen) atoms. The standard InChI is InChI=1S/C21H31N3O3/c1-12(2)17-11-23(9-8-18(26)24(17)10-16-6-7-16)21(27)19-13(3)20(15(5)25)22-14(19)4/h12,16-17,22H,6-11H2,1-5H3/t17-/m0/s1. The second kappa shape index (κ2) is 7.49. The number of aromatic amines is 1. The Bertz CT molecular complexity index is 761. The number of nitrogens with one attached hydrogen (secondary N) is 1. The highest BCUT2D eigenvalue weighted by Crippen LogP contribution is 2.32. The van der Waals surface area contributed by atoms with Crippen molar-refractivity contribution in [1.82, 2.24) is 14.8 Å². The average Bonchev–Trinajstić information content (AvgIpc) is 3.37.